The van der Waals surface area contributed by atoms with Crippen LogP contribution in [0.4, 0.5) is 0 Å². The van der Waals surface area contributed by atoms with Crippen molar-refractivity contribution in [3.8, 4) is 0 Å². The summed E-state index contributed by atoms with van der Waals surface area (Å²) in [4.78, 5) is 0. The molecule has 13 heavy (non-hydrogen) atoms. The van der Waals surface area contributed by atoms with Gasteiger partial charge in [0.1, 0.15) is 0 Å². The number of rotatable bonds is 2. The van der Waals surface area contributed by atoms with Crippen LogP contribution >= 0.6 is 0 Å². The molecule has 0 saturated carbocycles. The SMILES string of the molecule is CCCC1=CCc2cn[nH]c2C=C1. The van der Waals surface area contributed by atoms with Gasteiger partial charge in [-0.2, -0.15) is 5.10 Å². The van der Waals surface area contributed by atoms with Gasteiger partial charge in [-0.3, -0.25) is 5.10 Å². The monoisotopic (exact) mass is 174 g/mol. The maximum atomic E-state index is 4.01. The number of allylic oxidation sites excluding steroid dienone is 3. The van der Waals surface area contributed by atoms with Crippen LogP contribution in [0.2, 0.25) is 0 Å². The first kappa shape index (κ1) is 8.30. The predicted molar refractivity (Wildman–Crippen MR) is 54.3 cm³/mol. The van der Waals surface area contributed by atoms with Gasteiger partial charge in [0.15, 0.2) is 0 Å². The lowest BCUT2D eigenvalue weighted by Gasteiger charge is -1.95. The highest BCUT2D eigenvalue weighted by molar-refractivity contribution is 5.55. The minimum atomic E-state index is 1.01. The molecule has 2 heteroatoms. The summed E-state index contributed by atoms with van der Waals surface area (Å²) in [5.41, 5.74) is 3.89. The number of H-pyrrole nitrogens is 1. The van der Waals surface area contributed by atoms with E-state index in [0.717, 1.165) is 12.1 Å². The number of hydrogen-bond acceptors (Lipinski definition) is 1. The highest BCUT2D eigenvalue weighted by Crippen LogP contribution is 2.17. The van der Waals surface area contributed by atoms with Crippen LogP contribution in [0.5, 0.6) is 0 Å². The molecule has 0 atom stereocenters. The summed E-state index contributed by atoms with van der Waals surface area (Å²) in [6, 6.07) is 0. The van der Waals surface area contributed by atoms with E-state index < -0.39 is 0 Å². The number of aromatic amines is 1. The highest BCUT2D eigenvalue weighted by atomic mass is 15.1. The fourth-order valence-electron chi connectivity index (χ4n) is 1.60. The van der Waals surface area contributed by atoms with Crippen molar-refractivity contribution >= 4 is 6.08 Å². The molecule has 0 amide bonds. The molecule has 1 aliphatic rings. The molecule has 1 N–H and O–H groups in total. The molecule has 0 bridgehead atoms. The normalized spacial score (nSPS) is 15.0. The summed E-state index contributed by atoms with van der Waals surface area (Å²) in [6.45, 7) is 2.21. The van der Waals surface area contributed by atoms with E-state index in [0.29, 0.717) is 0 Å². The molecule has 0 fully saturated rings. The maximum Gasteiger partial charge on any atom is 0.0613 e. The maximum absolute atomic E-state index is 4.01. The molecule has 1 aliphatic carbocycles. The Kier molecular flexibility index (Phi) is 2.30. The first-order valence-corrected chi connectivity index (χ1v) is 4.79. The third kappa shape index (κ3) is 1.72. The van der Waals surface area contributed by atoms with Gasteiger partial charge in [0, 0.05) is 5.56 Å². The van der Waals surface area contributed by atoms with Gasteiger partial charge in [-0.1, -0.05) is 31.1 Å². The fourth-order valence-corrected chi connectivity index (χ4v) is 1.60. The Morgan fingerprint density at radius 3 is 3.23 bits per heavy atom. The second-order valence-electron chi connectivity index (χ2n) is 3.38. The van der Waals surface area contributed by atoms with E-state index in [1.54, 1.807) is 0 Å². The Bertz CT molecular complexity index is 345. The van der Waals surface area contributed by atoms with Crippen molar-refractivity contribution in [2.24, 2.45) is 0 Å². The topological polar surface area (TPSA) is 28.7 Å². The Morgan fingerprint density at radius 2 is 2.38 bits per heavy atom. The summed E-state index contributed by atoms with van der Waals surface area (Å²) in [7, 11) is 0. The summed E-state index contributed by atoms with van der Waals surface area (Å²) in [5, 5.41) is 7.00. The van der Waals surface area contributed by atoms with E-state index >= 15 is 0 Å². The van der Waals surface area contributed by atoms with Crippen molar-refractivity contribution < 1.29 is 0 Å². The molecule has 68 valence electrons. The van der Waals surface area contributed by atoms with Gasteiger partial charge in [0.05, 0.1) is 11.9 Å². The second-order valence-corrected chi connectivity index (χ2v) is 3.38. The molecule has 0 aromatic carbocycles. The average Bonchev–Trinajstić information content (AvgIpc) is 2.50. The van der Waals surface area contributed by atoms with Crippen LogP contribution in [-0.2, 0) is 6.42 Å². The lowest BCUT2D eigenvalue weighted by atomic mass is 10.1. The molecule has 1 aromatic heterocycles. The van der Waals surface area contributed by atoms with E-state index in [4.69, 9.17) is 0 Å². The molecule has 1 aromatic rings. The Morgan fingerprint density at radius 1 is 1.46 bits per heavy atom. The predicted octanol–water partition coefficient (Wildman–Crippen LogP) is 2.71. The van der Waals surface area contributed by atoms with Gasteiger partial charge >= 0.3 is 0 Å². The van der Waals surface area contributed by atoms with Crippen LogP contribution in [0.1, 0.15) is 31.0 Å². The summed E-state index contributed by atoms with van der Waals surface area (Å²) in [5.74, 6) is 0. The molecule has 0 spiro atoms. The smallest absolute Gasteiger partial charge is 0.0613 e. The molecular weight excluding hydrogens is 160 g/mol. The Hall–Kier alpha value is -1.31. The van der Waals surface area contributed by atoms with Gasteiger partial charge in [-0.25, -0.2) is 0 Å². The van der Waals surface area contributed by atoms with Gasteiger partial charge in [0.25, 0.3) is 0 Å². The van der Waals surface area contributed by atoms with Gasteiger partial charge in [-0.05, 0) is 18.9 Å². The van der Waals surface area contributed by atoms with E-state index in [1.165, 1.54) is 24.0 Å². The summed E-state index contributed by atoms with van der Waals surface area (Å²) < 4.78 is 0. The average molecular weight is 174 g/mol. The first-order valence-electron chi connectivity index (χ1n) is 4.79. The number of nitrogens with zero attached hydrogens (tertiary/aromatic N) is 1. The number of aromatic nitrogens is 2. The van der Waals surface area contributed by atoms with Gasteiger partial charge < -0.3 is 0 Å². The Labute approximate surface area is 78.4 Å². The van der Waals surface area contributed by atoms with E-state index in [9.17, 15) is 0 Å². The summed E-state index contributed by atoms with van der Waals surface area (Å²) >= 11 is 0. The molecule has 0 unspecified atom stereocenters. The highest BCUT2D eigenvalue weighted by Gasteiger charge is 2.04. The standard InChI is InChI=1S/C11H14N2/c1-2-3-9-4-6-10-8-12-13-11(10)7-5-9/h4-5,7-8H,2-3,6H2,1H3,(H,12,13). The quantitative estimate of drug-likeness (QED) is 0.733. The van der Waals surface area contributed by atoms with Crippen LogP contribution in [0.3, 0.4) is 0 Å². The van der Waals surface area contributed by atoms with E-state index in [2.05, 4.69) is 35.3 Å². The van der Waals surface area contributed by atoms with Gasteiger partial charge in [0.2, 0.25) is 0 Å². The zero-order valence-electron chi connectivity index (χ0n) is 7.88. The molecular formula is C11H14N2. The van der Waals surface area contributed by atoms with Crippen molar-refractivity contribution in [1.29, 1.82) is 0 Å². The largest absolute Gasteiger partial charge is 0.278 e. The van der Waals surface area contributed by atoms with Crippen LogP contribution in [0.15, 0.2) is 23.9 Å². The molecule has 0 radical (unpaired) electrons. The molecule has 1 heterocycles. The summed E-state index contributed by atoms with van der Waals surface area (Å²) in [6.07, 6.45) is 11.9. The van der Waals surface area contributed by atoms with Crippen molar-refractivity contribution in [2.75, 3.05) is 0 Å². The van der Waals surface area contributed by atoms with Crippen molar-refractivity contribution in [2.45, 2.75) is 26.2 Å². The number of hydrogen-bond donors (Lipinski definition) is 1. The van der Waals surface area contributed by atoms with Crippen LogP contribution in [-0.4, -0.2) is 10.2 Å². The fraction of sp³-hybridized carbons (Fsp3) is 0.364. The molecule has 0 aliphatic heterocycles. The molecule has 2 nitrogen and oxygen atoms in total. The zero-order chi connectivity index (χ0) is 9.10. The Balaban J connectivity index is 2.21. The second kappa shape index (κ2) is 3.60. The van der Waals surface area contributed by atoms with Crippen LogP contribution in [0, 0.1) is 0 Å². The lowest BCUT2D eigenvalue weighted by molar-refractivity contribution is 0.921. The third-order valence-electron chi connectivity index (χ3n) is 2.34. The van der Waals surface area contributed by atoms with Crippen molar-refractivity contribution in [3.05, 3.63) is 35.2 Å². The third-order valence-corrected chi connectivity index (χ3v) is 2.34. The van der Waals surface area contributed by atoms with Crippen molar-refractivity contribution in [3.63, 3.8) is 0 Å². The lowest BCUT2D eigenvalue weighted by Crippen LogP contribution is -1.80. The minimum absolute atomic E-state index is 1.01. The zero-order valence-corrected chi connectivity index (χ0v) is 7.88. The number of nitrogens with one attached hydrogen (secondary N) is 1. The minimum Gasteiger partial charge on any atom is -0.278 e. The van der Waals surface area contributed by atoms with Crippen LogP contribution in [0.25, 0.3) is 6.08 Å². The molecule has 0 saturated heterocycles. The van der Waals surface area contributed by atoms with Crippen molar-refractivity contribution in [1.82, 2.24) is 10.2 Å². The van der Waals surface area contributed by atoms with E-state index in [1.807, 2.05) is 6.20 Å². The van der Waals surface area contributed by atoms with Gasteiger partial charge in [-0.15, -0.1) is 0 Å². The molecule has 2 rings (SSSR count). The van der Waals surface area contributed by atoms with Crippen LogP contribution < -0.4 is 0 Å². The van der Waals surface area contributed by atoms with E-state index in [-0.39, 0.29) is 0 Å². The first-order chi connectivity index (χ1) is 6.40. The number of fused-ring (bicyclic) bond motifs is 1.